The summed E-state index contributed by atoms with van der Waals surface area (Å²) in [7, 11) is 3.00. The van der Waals surface area contributed by atoms with Crippen LogP contribution >= 0.6 is 11.6 Å². The molecule has 0 heterocycles. The number of carbonyl (C=O) groups is 2. The molecule has 0 aliphatic heterocycles. The first-order valence-corrected chi connectivity index (χ1v) is 11.5. The zero-order valence-electron chi connectivity index (χ0n) is 20.1. The van der Waals surface area contributed by atoms with Gasteiger partial charge in [0, 0.05) is 10.6 Å². The molecule has 0 saturated carbocycles. The maximum atomic E-state index is 12.9. The number of esters is 1. The second-order valence-corrected chi connectivity index (χ2v) is 8.13. The molecule has 9 heteroatoms. The van der Waals surface area contributed by atoms with E-state index in [1.807, 2.05) is 30.3 Å². The van der Waals surface area contributed by atoms with Gasteiger partial charge in [-0.05, 0) is 53.2 Å². The van der Waals surface area contributed by atoms with E-state index in [0.29, 0.717) is 27.8 Å². The molecule has 0 aromatic heterocycles. The summed E-state index contributed by atoms with van der Waals surface area (Å²) >= 11 is 5.93. The largest absolute Gasteiger partial charge is 0.493 e. The lowest BCUT2D eigenvalue weighted by molar-refractivity contribution is -0.123. The van der Waals surface area contributed by atoms with Gasteiger partial charge in [-0.1, -0.05) is 48.0 Å². The minimum Gasteiger partial charge on any atom is -0.493 e. The SMILES string of the molecule is COc1ccc(C(=O)Oc2ccc3ccccc3c2/C=N/NC(=O)COc2cccc(Cl)c2)cc1OC. The van der Waals surface area contributed by atoms with Crippen LogP contribution in [0.1, 0.15) is 15.9 Å². The van der Waals surface area contributed by atoms with Crippen LogP contribution in [0.3, 0.4) is 0 Å². The fraction of sp³-hybridized carbons (Fsp3) is 0.107. The summed E-state index contributed by atoms with van der Waals surface area (Å²) in [6.45, 7) is -0.256. The number of nitrogens with zero attached hydrogens (tertiary/aromatic N) is 1. The van der Waals surface area contributed by atoms with Crippen LogP contribution in [0.2, 0.25) is 5.02 Å². The third kappa shape index (κ3) is 6.36. The van der Waals surface area contributed by atoms with Crippen molar-refractivity contribution in [1.29, 1.82) is 0 Å². The zero-order chi connectivity index (χ0) is 26.2. The van der Waals surface area contributed by atoms with Crippen molar-refractivity contribution in [2.75, 3.05) is 20.8 Å². The Hall–Kier alpha value is -4.56. The van der Waals surface area contributed by atoms with Crippen LogP contribution in [0.4, 0.5) is 0 Å². The van der Waals surface area contributed by atoms with Crippen LogP contribution < -0.4 is 24.4 Å². The number of ether oxygens (including phenoxy) is 4. The maximum absolute atomic E-state index is 12.9. The first-order chi connectivity index (χ1) is 18.0. The van der Waals surface area contributed by atoms with Crippen LogP contribution in [0.15, 0.2) is 84.0 Å². The van der Waals surface area contributed by atoms with Crippen molar-refractivity contribution in [3.8, 4) is 23.0 Å². The molecule has 0 spiro atoms. The van der Waals surface area contributed by atoms with E-state index in [2.05, 4.69) is 10.5 Å². The number of methoxy groups -OCH3 is 2. The fourth-order valence-corrected chi connectivity index (χ4v) is 3.71. The van der Waals surface area contributed by atoms with E-state index in [0.717, 1.165) is 10.8 Å². The highest BCUT2D eigenvalue weighted by atomic mass is 35.5. The van der Waals surface area contributed by atoms with Crippen molar-refractivity contribution in [1.82, 2.24) is 5.43 Å². The van der Waals surface area contributed by atoms with E-state index < -0.39 is 11.9 Å². The van der Waals surface area contributed by atoms with Crippen molar-refractivity contribution in [3.63, 3.8) is 0 Å². The average Bonchev–Trinajstić information content (AvgIpc) is 2.92. The third-order valence-electron chi connectivity index (χ3n) is 5.30. The topological polar surface area (TPSA) is 95.5 Å². The molecule has 4 rings (SSSR count). The molecular formula is C28H23ClN2O6. The summed E-state index contributed by atoms with van der Waals surface area (Å²) in [5.41, 5.74) is 3.22. The number of hydrogen-bond acceptors (Lipinski definition) is 7. The molecule has 0 bridgehead atoms. The van der Waals surface area contributed by atoms with Gasteiger partial charge in [0.05, 0.1) is 26.0 Å². The normalized spacial score (nSPS) is 10.8. The molecule has 8 nitrogen and oxygen atoms in total. The van der Waals surface area contributed by atoms with Crippen LogP contribution in [0.25, 0.3) is 10.8 Å². The van der Waals surface area contributed by atoms with Gasteiger partial charge in [0.1, 0.15) is 11.5 Å². The molecule has 0 unspecified atom stereocenters. The molecular weight excluding hydrogens is 496 g/mol. The number of halogens is 1. The van der Waals surface area contributed by atoms with Crippen molar-refractivity contribution >= 4 is 40.5 Å². The third-order valence-corrected chi connectivity index (χ3v) is 5.54. The Balaban J connectivity index is 1.52. The Morgan fingerprint density at radius 2 is 1.68 bits per heavy atom. The van der Waals surface area contributed by atoms with Gasteiger partial charge >= 0.3 is 5.97 Å². The summed E-state index contributed by atoms with van der Waals surface area (Å²) in [5.74, 6) is 0.564. The first kappa shape index (κ1) is 25.5. The van der Waals surface area contributed by atoms with E-state index in [9.17, 15) is 9.59 Å². The Morgan fingerprint density at radius 1 is 0.892 bits per heavy atom. The van der Waals surface area contributed by atoms with Gasteiger partial charge in [0.15, 0.2) is 18.1 Å². The predicted molar refractivity (Wildman–Crippen MR) is 141 cm³/mol. The van der Waals surface area contributed by atoms with E-state index in [-0.39, 0.29) is 17.9 Å². The van der Waals surface area contributed by atoms with Crippen molar-refractivity contribution < 1.29 is 28.5 Å². The Labute approximate surface area is 218 Å². The summed E-state index contributed by atoms with van der Waals surface area (Å²) < 4.78 is 21.6. The summed E-state index contributed by atoms with van der Waals surface area (Å²) in [6.07, 6.45) is 1.43. The molecule has 0 radical (unpaired) electrons. The van der Waals surface area contributed by atoms with Gasteiger partial charge in [-0.3, -0.25) is 4.79 Å². The second kappa shape index (κ2) is 11.9. The maximum Gasteiger partial charge on any atom is 0.343 e. The highest BCUT2D eigenvalue weighted by molar-refractivity contribution is 6.30. The average molecular weight is 519 g/mol. The number of benzene rings is 4. The van der Waals surface area contributed by atoms with Crippen LogP contribution in [-0.2, 0) is 4.79 Å². The molecule has 0 atom stereocenters. The number of hydrogen-bond donors (Lipinski definition) is 1. The molecule has 0 fully saturated rings. The number of fused-ring (bicyclic) bond motifs is 1. The van der Waals surface area contributed by atoms with Gasteiger partial charge in [0.25, 0.3) is 5.91 Å². The lowest BCUT2D eigenvalue weighted by atomic mass is 10.0. The predicted octanol–water partition coefficient (Wildman–Crippen LogP) is 5.26. The number of hydrazone groups is 1. The minimum atomic E-state index is -0.593. The Morgan fingerprint density at radius 3 is 2.46 bits per heavy atom. The smallest absolute Gasteiger partial charge is 0.343 e. The van der Waals surface area contributed by atoms with E-state index in [1.54, 1.807) is 42.5 Å². The van der Waals surface area contributed by atoms with Crippen LogP contribution in [0.5, 0.6) is 23.0 Å². The molecule has 0 aliphatic rings. The lowest BCUT2D eigenvalue weighted by Gasteiger charge is -2.12. The zero-order valence-corrected chi connectivity index (χ0v) is 20.8. The standard InChI is InChI=1S/C28H23ClN2O6/c1-34-25-13-11-19(14-26(25)35-2)28(33)37-24-12-10-18-6-3-4-9-22(18)23(24)16-30-31-27(32)17-36-21-8-5-7-20(29)15-21/h3-16H,17H2,1-2H3,(H,31,32)/b30-16+. The Bertz CT molecular complexity index is 1470. The lowest BCUT2D eigenvalue weighted by Crippen LogP contribution is -2.24. The molecule has 37 heavy (non-hydrogen) atoms. The molecule has 188 valence electrons. The van der Waals surface area contributed by atoms with Gasteiger partial charge in [-0.15, -0.1) is 0 Å². The van der Waals surface area contributed by atoms with Crippen molar-refractivity contribution in [2.24, 2.45) is 5.10 Å². The summed E-state index contributed by atoms with van der Waals surface area (Å²) in [4.78, 5) is 25.2. The minimum absolute atomic E-state index is 0.256. The molecule has 1 amide bonds. The summed E-state index contributed by atoms with van der Waals surface area (Å²) in [6, 6.07) is 22.5. The van der Waals surface area contributed by atoms with E-state index in [4.69, 9.17) is 30.5 Å². The Kier molecular flexibility index (Phi) is 8.22. The molecule has 4 aromatic rings. The van der Waals surface area contributed by atoms with Gasteiger partial charge in [-0.2, -0.15) is 5.10 Å². The van der Waals surface area contributed by atoms with Crippen molar-refractivity contribution in [2.45, 2.75) is 0 Å². The molecule has 0 aliphatic carbocycles. The van der Waals surface area contributed by atoms with Gasteiger partial charge in [0.2, 0.25) is 0 Å². The summed E-state index contributed by atoms with van der Waals surface area (Å²) in [5, 5.41) is 6.25. The molecule has 4 aromatic carbocycles. The quantitative estimate of drug-likeness (QED) is 0.140. The van der Waals surface area contributed by atoms with Gasteiger partial charge < -0.3 is 18.9 Å². The monoisotopic (exact) mass is 518 g/mol. The van der Waals surface area contributed by atoms with E-state index >= 15 is 0 Å². The van der Waals surface area contributed by atoms with Crippen LogP contribution in [0, 0.1) is 0 Å². The number of rotatable bonds is 9. The fourth-order valence-electron chi connectivity index (χ4n) is 3.53. The van der Waals surface area contributed by atoms with E-state index in [1.165, 1.54) is 26.5 Å². The van der Waals surface area contributed by atoms with Crippen molar-refractivity contribution in [3.05, 3.63) is 95.0 Å². The molecule has 0 saturated heterocycles. The van der Waals surface area contributed by atoms with Gasteiger partial charge in [-0.25, -0.2) is 10.2 Å². The number of amides is 1. The molecule has 1 N–H and O–H groups in total. The first-order valence-electron chi connectivity index (χ1n) is 11.1. The highest BCUT2D eigenvalue weighted by Crippen LogP contribution is 2.30. The second-order valence-electron chi connectivity index (χ2n) is 7.70. The number of carbonyl (C=O) groups excluding carboxylic acids is 2. The highest BCUT2D eigenvalue weighted by Gasteiger charge is 2.16. The number of nitrogens with one attached hydrogen (secondary N) is 1. The van der Waals surface area contributed by atoms with Crippen LogP contribution in [-0.4, -0.2) is 38.9 Å².